The van der Waals surface area contributed by atoms with Crippen molar-refractivity contribution in [1.82, 2.24) is 19.5 Å². The number of fused-ring (bicyclic) bond motifs is 1. The van der Waals surface area contributed by atoms with Gasteiger partial charge in [0.1, 0.15) is 13.3 Å². The molecule has 1 atom stereocenters. The summed E-state index contributed by atoms with van der Waals surface area (Å²) in [6, 6.07) is 8.07. The number of carbonyl (C=O) groups excluding carboxylic acids is 1. The molecule has 2 aromatic heterocycles. The number of anilines is 1. The average molecular weight is 413 g/mol. The van der Waals surface area contributed by atoms with Gasteiger partial charge < -0.3 is 15.2 Å². The third-order valence-electron chi connectivity index (χ3n) is 4.67. The largest absolute Gasteiger partial charge is 0.463 e. The van der Waals surface area contributed by atoms with E-state index in [4.69, 9.17) is 15.2 Å². The van der Waals surface area contributed by atoms with Crippen molar-refractivity contribution in [3.8, 4) is 0 Å². The van der Waals surface area contributed by atoms with Crippen LogP contribution in [0.25, 0.3) is 11.2 Å². The number of aromatic amines is 1. The van der Waals surface area contributed by atoms with Crippen LogP contribution in [0, 0.1) is 5.92 Å². The summed E-state index contributed by atoms with van der Waals surface area (Å²) in [5.74, 6) is -0.0550. The summed E-state index contributed by atoms with van der Waals surface area (Å²) < 4.78 is 12.4. The standard InChI is InChI=1S/C21H27N5O4/c1-13(2)10-15-4-6-16(7-5-15)14(3)20(28)30-9-8-29-12-26-11-23-17-18(26)24-21(22)25-19(17)27/h4-7,11,13-14H,8-10,12H2,1-3H3,(H3,22,24,25,27). The Morgan fingerprint density at radius 1 is 1.20 bits per heavy atom. The number of hydrogen-bond acceptors (Lipinski definition) is 7. The Hall–Kier alpha value is -3.20. The lowest BCUT2D eigenvalue weighted by Crippen LogP contribution is -2.17. The molecule has 1 unspecified atom stereocenters. The van der Waals surface area contributed by atoms with Gasteiger partial charge in [0.25, 0.3) is 5.56 Å². The van der Waals surface area contributed by atoms with Crippen LogP contribution < -0.4 is 11.3 Å². The summed E-state index contributed by atoms with van der Waals surface area (Å²) in [5.41, 5.74) is 7.86. The van der Waals surface area contributed by atoms with Crippen molar-refractivity contribution in [2.45, 2.75) is 39.8 Å². The second-order valence-electron chi connectivity index (χ2n) is 7.60. The molecule has 0 saturated heterocycles. The minimum Gasteiger partial charge on any atom is -0.463 e. The molecule has 0 aliphatic heterocycles. The van der Waals surface area contributed by atoms with Gasteiger partial charge in [-0.15, -0.1) is 0 Å². The maximum Gasteiger partial charge on any atom is 0.313 e. The van der Waals surface area contributed by atoms with Gasteiger partial charge in [-0.25, -0.2) is 4.98 Å². The van der Waals surface area contributed by atoms with Crippen molar-refractivity contribution in [2.75, 3.05) is 18.9 Å². The smallest absolute Gasteiger partial charge is 0.313 e. The zero-order valence-electron chi connectivity index (χ0n) is 17.4. The maximum atomic E-state index is 12.3. The Labute approximate surface area is 174 Å². The van der Waals surface area contributed by atoms with Crippen LogP contribution in [0.4, 0.5) is 5.95 Å². The fraction of sp³-hybridized carbons (Fsp3) is 0.429. The van der Waals surface area contributed by atoms with Gasteiger partial charge in [-0.2, -0.15) is 4.98 Å². The van der Waals surface area contributed by atoms with E-state index in [-0.39, 0.29) is 43.3 Å². The normalized spacial score (nSPS) is 12.4. The Morgan fingerprint density at radius 3 is 2.63 bits per heavy atom. The summed E-state index contributed by atoms with van der Waals surface area (Å²) in [6.45, 7) is 6.61. The Morgan fingerprint density at radius 2 is 1.93 bits per heavy atom. The molecule has 0 bridgehead atoms. The summed E-state index contributed by atoms with van der Waals surface area (Å²) in [5, 5.41) is 0. The van der Waals surface area contributed by atoms with E-state index in [2.05, 4.69) is 40.9 Å². The highest BCUT2D eigenvalue weighted by Gasteiger charge is 2.17. The third kappa shape index (κ3) is 5.24. The van der Waals surface area contributed by atoms with Gasteiger partial charge >= 0.3 is 5.97 Å². The van der Waals surface area contributed by atoms with E-state index < -0.39 is 5.56 Å². The number of esters is 1. The van der Waals surface area contributed by atoms with Crippen molar-refractivity contribution in [2.24, 2.45) is 5.92 Å². The molecule has 0 spiro atoms. The van der Waals surface area contributed by atoms with Crippen molar-refractivity contribution < 1.29 is 14.3 Å². The second-order valence-corrected chi connectivity index (χ2v) is 7.60. The molecule has 160 valence electrons. The van der Waals surface area contributed by atoms with E-state index >= 15 is 0 Å². The number of nitrogens with one attached hydrogen (secondary N) is 1. The first kappa shape index (κ1) is 21.5. The van der Waals surface area contributed by atoms with Crippen LogP contribution in [-0.2, 0) is 27.4 Å². The SMILES string of the molecule is CC(C)Cc1ccc(C(C)C(=O)OCCOCn2cnc3c(=O)[nH]c(N)nc32)cc1. The van der Waals surface area contributed by atoms with E-state index in [1.165, 1.54) is 11.9 Å². The quantitative estimate of drug-likeness (QED) is 0.407. The molecule has 3 aromatic rings. The van der Waals surface area contributed by atoms with E-state index in [1.807, 2.05) is 19.1 Å². The highest BCUT2D eigenvalue weighted by Crippen LogP contribution is 2.19. The van der Waals surface area contributed by atoms with E-state index in [0.717, 1.165) is 12.0 Å². The summed E-state index contributed by atoms with van der Waals surface area (Å²) in [7, 11) is 0. The van der Waals surface area contributed by atoms with Gasteiger partial charge in [-0.1, -0.05) is 38.1 Å². The molecule has 0 aliphatic rings. The van der Waals surface area contributed by atoms with Crippen LogP contribution in [0.2, 0.25) is 0 Å². The van der Waals surface area contributed by atoms with Crippen molar-refractivity contribution in [3.05, 3.63) is 52.1 Å². The Kier molecular flexibility index (Phi) is 6.83. The Balaban J connectivity index is 1.45. The molecule has 0 amide bonds. The lowest BCUT2D eigenvalue weighted by Gasteiger charge is -2.13. The fourth-order valence-electron chi connectivity index (χ4n) is 3.10. The highest BCUT2D eigenvalue weighted by atomic mass is 16.6. The number of benzene rings is 1. The zero-order chi connectivity index (χ0) is 21.7. The third-order valence-corrected chi connectivity index (χ3v) is 4.67. The molecule has 30 heavy (non-hydrogen) atoms. The number of nitrogen functional groups attached to an aromatic ring is 1. The van der Waals surface area contributed by atoms with Crippen LogP contribution >= 0.6 is 0 Å². The number of rotatable bonds is 9. The first-order valence-corrected chi connectivity index (χ1v) is 9.89. The van der Waals surface area contributed by atoms with Crippen molar-refractivity contribution in [3.63, 3.8) is 0 Å². The number of aromatic nitrogens is 4. The molecule has 0 fully saturated rings. The summed E-state index contributed by atoms with van der Waals surface area (Å²) in [6.07, 6.45) is 2.46. The Bertz CT molecular complexity index is 1060. The number of imidazole rings is 1. The van der Waals surface area contributed by atoms with E-state index in [0.29, 0.717) is 11.6 Å². The van der Waals surface area contributed by atoms with Crippen molar-refractivity contribution >= 4 is 23.1 Å². The fourth-order valence-corrected chi connectivity index (χ4v) is 3.10. The zero-order valence-corrected chi connectivity index (χ0v) is 17.4. The second kappa shape index (κ2) is 9.53. The first-order chi connectivity index (χ1) is 14.3. The number of carbonyl (C=O) groups is 1. The predicted octanol–water partition coefficient (Wildman–Crippen LogP) is 2.22. The molecule has 3 N–H and O–H groups in total. The first-order valence-electron chi connectivity index (χ1n) is 9.89. The number of hydrogen-bond donors (Lipinski definition) is 2. The van der Waals surface area contributed by atoms with Crippen LogP contribution in [0.3, 0.4) is 0 Å². The molecule has 9 heteroatoms. The molecular formula is C21H27N5O4. The number of nitrogens with two attached hydrogens (primary N) is 1. The molecule has 0 radical (unpaired) electrons. The predicted molar refractivity (Wildman–Crippen MR) is 113 cm³/mol. The van der Waals surface area contributed by atoms with Gasteiger partial charge in [-0.05, 0) is 30.4 Å². The number of ether oxygens (including phenoxy) is 2. The van der Waals surface area contributed by atoms with E-state index in [9.17, 15) is 9.59 Å². The van der Waals surface area contributed by atoms with Gasteiger partial charge in [0.2, 0.25) is 5.95 Å². The highest BCUT2D eigenvalue weighted by molar-refractivity contribution is 5.77. The van der Waals surface area contributed by atoms with Crippen LogP contribution in [-0.4, -0.2) is 38.7 Å². The van der Waals surface area contributed by atoms with Gasteiger partial charge in [0, 0.05) is 0 Å². The van der Waals surface area contributed by atoms with Crippen LogP contribution in [0.5, 0.6) is 0 Å². The van der Waals surface area contributed by atoms with Gasteiger partial charge in [0.05, 0.1) is 18.9 Å². The maximum absolute atomic E-state index is 12.3. The monoisotopic (exact) mass is 413 g/mol. The van der Waals surface area contributed by atoms with Crippen LogP contribution in [0.1, 0.15) is 37.8 Å². The van der Waals surface area contributed by atoms with Gasteiger partial charge in [0.15, 0.2) is 11.2 Å². The molecule has 9 nitrogen and oxygen atoms in total. The van der Waals surface area contributed by atoms with Gasteiger partial charge in [-0.3, -0.25) is 19.1 Å². The van der Waals surface area contributed by atoms with E-state index in [1.54, 1.807) is 4.57 Å². The van der Waals surface area contributed by atoms with Crippen LogP contribution in [0.15, 0.2) is 35.4 Å². The number of nitrogens with zero attached hydrogens (tertiary/aromatic N) is 3. The topological polar surface area (TPSA) is 125 Å². The number of H-pyrrole nitrogens is 1. The lowest BCUT2D eigenvalue weighted by molar-refractivity contribution is -0.147. The lowest BCUT2D eigenvalue weighted by atomic mass is 9.97. The molecule has 3 rings (SSSR count). The average Bonchev–Trinajstić information content (AvgIpc) is 3.10. The molecule has 2 heterocycles. The molecular weight excluding hydrogens is 386 g/mol. The minimum atomic E-state index is -0.406. The van der Waals surface area contributed by atoms with Crippen molar-refractivity contribution in [1.29, 1.82) is 0 Å². The minimum absolute atomic E-state index is 0.00871. The molecule has 1 aromatic carbocycles. The summed E-state index contributed by atoms with van der Waals surface area (Å²) in [4.78, 5) is 34.5. The molecule has 0 aliphatic carbocycles. The molecule has 0 saturated carbocycles. The summed E-state index contributed by atoms with van der Waals surface area (Å²) >= 11 is 0.